The van der Waals surface area contributed by atoms with E-state index in [1.165, 1.54) is 0 Å². The van der Waals surface area contributed by atoms with E-state index in [-0.39, 0.29) is 12.4 Å². The summed E-state index contributed by atoms with van der Waals surface area (Å²) in [4.78, 5) is 24.3. The first-order valence-corrected chi connectivity index (χ1v) is 8.36. The van der Waals surface area contributed by atoms with Crippen LogP contribution < -0.4 is 4.74 Å². The van der Waals surface area contributed by atoms with E-state index in [2.05, 4.69) is 15.9 Å². The summed E-state index contributed by atoms with van der Waals surface area (Å²) in [6, 6.07) is 13.6. The monoisotopic (exact) mass is 410 g/mol. The van der Waals surface area contributed by atoms with E-state index in [1.807, 2.05) is 0 Å². The molecule has 24 heavy (non-hydrogen) atoms. The van der Waals surface area contributed by atoms with Crippen molar-refractivity contribution in [3.63, 3.8) is 0 Å². The molecular formula is C18H16BrClO4. The van der Waals surface area contributed by atoms with Gasteiger partial charge in [-0.25, -0.2) is 4.79 Å². The summed E-state index contributed by atoms with van der Waals surface area (Å²) in [5.74, 6) is -0.436. The fraction of sp³-hybridized carbons (Fsp3) is 0.222. The average Bonchev–Trinajstić information content (AvgIpc) is 2.54. The number of hydrogen-bond donors (Lipinski definition) is 0. The van der Waals surface area contributed by atoms with Crippen LogP contribution in [0.4, 0.5) is 0 Å². The quantitative estimate of drug-likeness (QED) is 0.511. The predicted molar refractivity (Wildman–Crippen MR) is 95.6 cm³/mol. The maximum Gasteiger partial charge on any atom is 0.350 e. The summed E-state index contributed by atoms with van der Waals surface area (Å²) in [6.45, 7) is 2.80. The van der Waals surface area contributed by atoms with Gasteiger partial charge in [0, 0.05) is 15.1 Å². The molecule has 0 unspecified atom stereocenters. The maximum absolute atomic E-state index is 12.2. The molecule has 4 nitrogen and oxygen atoms in total. The summed E-state index contributed by atoms with van der Waals surface area (Å²) >= 11 is 9.11. The van der Waals surface area contributed by atoms with Gasteiger partial charge in [-0.05, 0) is 44.2 Å². The molecule has 0 aliphatic heterocycles. The lowest BCUT2D eigenvalue weighted by Gasteiger charge is -2.24. The van der Waals surface area contributed by atoms with Gasteiger partial charge in [0.25, 0.3) is 0 Å². The topological polar surface area (TPSA) is 52.6 Å². The Kier molecular flexibility index (Phi) is 6.02. The largest absolute Gasteiger partial charge is 0.476 e. The lowest BCUT2D eigenvalue weighted by Crippen LogP contribution is -2.40. The van der Waals surface area contributed by atoms with E-state index in [0.717, 1.165) is 0 Å². The molecule has 6 heteroatoms. The molecule has 0 aliphatic rings. The van der Waals surface area contributed by atoms with Crippen LogP contribution in [-0.4, -0.2) is 24.0 Å². The molecule has 0 fully saturated rings. The Labute approximate surface area is 153 Å². The Bertz CT molecular complexity index is 741. The molecule has 0 aromatic heterocycles. The molecule has 2 aromatic rings. The van der Waals surface area contributed by atoms with E-state index in [1.54, 1.807) is 62.4 Å². The number of halogens is 2. The Balaban J connectivity index is 1.96. The van der Waals surface area contributed by atoms with E-state index in [9.17, 15) is 9.59 Å². The Hall–Kier alpha value is -1.85. The van der Waals surface area contributed by atoms with Gasteiger partial charge in [-0.2, -0.15) is 0 Å². The first-order chi connectivity index (χ1) is 11.3. The van der Waals surface area contributed by atoms with Crippen molar-refractivity contribution >= 4 is 39.3 Å². The summed E-state index contributed by atoms with van der Waals surface area (Å²) in [5, 5.41) is 0.571. The van der Waals surface area contributed by atoms with Crippen molar-refractivity contribution in [1.82, 2.24) is 0 Å². The van der Waals surface area contributed by atoms with Gasteiger partial charge >= 0.3 is 5.97 Å². The van der Waals surface area contributed by atoms with E-state index in [0.29, 0.717) is 20.8 Å². The second-order valence-corrected chi connectivity index (χ2v) is 6.84. The van der Waals surface area contributed by atoms with Gasteiger partial charge in [-0.15, -0.1) is 0 Å². The number of carbonyl (C=O) groups is 2. The average molecular weight is 412 g/mol. The molecule has 126 valence electrons. The van der Waals surface area contributed by atoms with Crippen molar-refractivity contribution in [2.45, 2.75) is 19.4 Å². The summed E-state index contributed by atoms with van der Waals surface area (Å²) < 4.78 is 11.4. The minimum Gasteiger partial charge on any atom is -0.476 e. The zero-order valence-corrected chi connectivity index (χ0v) is 15.6. The zero-order chi connectivity index (χ0) is 17.7. The highest BCUT2D eigenvalue weighted by atomic mass is 79.9. The summed E-state index contributed by atoms with van der Waals surface area (Å²) in [5.41, 5.74) is -0.774. The van der Waals surface area contributed by atoms with Crippen LogP contribution in [0, 0.1) is 0 Å². The van der Waals surface area contributed by atoms with Crippen LogP contribution in [0.2, 0.25) is 5.02 Å². The van der Waals surface area contributed by atoms with Crippen molar-refractivity contribution in [3.05, 3.63) is 63.6 Å². The second kappa shape index (κ2) is 7.81. The molecular weight excluding hydrogens is 396 g/mol. The third-order valence-corrected chi connectivity index (χ3v) is 4.13. The molecule has 0 saturated carbocycles. The first kappa shape index (κ1) is 18.5. The van der Waals surface area contributed by atoms with E-state index in [4.69, 9.17) is 21.1 Å². The molecule has 2 rings (SSSR count). The number of carbonyl (C=O) groups excluding carboxylic acids is 2. The van der Waals surface area contributed by atoms with Crippen LogP contribution >= 0.6 is 27.5 Å². The molecule has 2 aromatic carbocycles. The number of rotatable bonds is 6. The maximum atomic E-state index is 12.2. The number of hydrogen-bond acceptors (Lipinski definition) is 4. The molecule has 0 saturated heterocycles. The fourth-order valence-corrected chi connectivity index (χ4v) is 2.54. The molecule has 0 N–H and O–H groups in total. The van der Waals surface area contributed by atoms with Gasteiger partial charge in [-0.3, -0.25) is 4.79 Å². The van der Waals surface area contributed by atoms with Crippen LogP contribution in [0.1, 0.15) is 24.2 Å². The van der Waals surface area contributed by atoms with Crippen LogP contribution in [0.25, 0.3) is 0 Å². The van der Waals surface area contributed by atoms with Crippen molar-refractivity contribution in [1.29, 1.82) is 0 Å². The van der Waals surface area contributed by atoms with Crippen LogP contribution in [0.5, 0.6) is 5.75 Å². The molecule has 0 heterocycles. The number of benzene rings is 2. The number of ether oxygens (including phenoxy) is 2. The Morgan fingerprint density at radius 2 is 1.71 bits per heavy atom. The fourth-order valence-electron chi connectivity index (χ4n) is 1.91. The highest BCUT2D eigenvalue weighted by molar-refractivity contribution is 9.10. The summed E-state index contributed by atoms with van der Waals surface area (Å²) in [7, 11) is 0. The van der Waals surface area contributed by atoms with Crippen molar-refractivity contribution in [2.75, 3.05) is 6.61 Å². The molecule has 0 radical (unpaired) electrons. The van der Waals surface area contributed by atoms with Gasteiger partial charge in [-0.1, -0.05) is 45.7 Å². The van der Waals surface area contributed by atoms with Gasteiger partial charge in [0.1, 0.15) is 5.75 Å². The first-order valence-electron chi connectivity index (χ1n) is 7.19. The standard InChI is InChI=1S/C18H16BrClO4/c1-18(2,24-13-9-7-12(20)8-10-13)17(22)23-11-16(21)14-5-3-4-6-15(14)19/h3-10H,11H2,1-2H3. The molecule has 0 spiro atoms. The Morgan fingerprint density at radius 1 is 1.08 bits per heavy atom. The number of ketones is 1. The van der Waals surface area contributed by atoms with Gasteiger partial charge in [0.2, 0.25) is 5.78 Å². The normalized spacial score (nSPS) is 11.0. The molecule has 0 aliphatic carbocycles. The SMILES string of the molecule is CC(C)(Oc1ccc(Cl)cc1)C(=O)OCC(=O)c1ccccc1Br. The minimum atomic E-state index is -1.23. The van der Waals surface area contributed by atoms with Crippen LogP contribution in [-0.2, 0) is 9.53 Å². The molecule has 0 amide bonds. The third-order valence-electron chi connectivity index (χ3n) is 3.19. The zero-order valence-electron chi connectivity index (χ0n) is 13.2. The van der Waals surface area contributed by atoms with E-state index >= 15 is 0 Å². The minimum absolute atomic E-state index is 0.293. The van der Waals surface area contributed by atoms with Crippen LogP contribution in [0.3, 0.4) is 0 Å². The van der Waals surface area contributed by atoms with Gasteiger partial charge in [0.05, 0.1) is 0 Å². The highest BCUT2D eigenvalue weighted by Crippen LogP contribution is 2.22. The molecule has 0 atom stereocenters. The highest BCUT2D eigenvalue weighted by Gasteiger charge is 2.32. The van der Waals surface area contributed by atoms with Gasteiger partial charge < -0.3 is 9.47 Å². The number of esters is 1. The lowest BCUT2D eigenvalue weighted by atomic mass is 10.1. The lowest BCUT2D eigenvalue weighted by molar-refractivity contribution is -0.158. The second-order valence-electron chi connectivity index (χ2n) is 5.55. The Morgan fingerprint density at radius 3 is 2.33 bits per heavy atom. The van der Waals surface area contributed by atoms with Crippen molar-refractivity contribution in [3.8, 4) is 5.75 Å². The predicted octanol–water partition coefficient (Wildman–Crippen LogP) is 4.69. The van der Waals surface area contributed by atoms with Crippen molar-refractivity contribution < 1.29 is 19.1 Å². The number of Topliss-reactive ketones (excluding diaryl/α,β-unsaturated/α-hetero) is 1. The van der Waals surface area contributed by atoms with Crippen molar-refractivity contribution in [2.24, 2.45) is 0 Å². The smallest absolute Gasteiger partial charge is 0.350 e. The summed E-state index contributed by atoms with van der Waals surface area (Å²) in [6.07, 6.45) is 0. The third kappa shape index (κ3) is 4.82. The van der Waals surface area contributed by atoms with Gasteiger partial charge in [0.15, 0.2) is 12.2 Å². The van der Waals surface area contributed by atoms with E-state index < -0.39 is 11.6 Å². The van der Waals surface area contributed by atoms with Crippen LogP contribution in [0.15, 0.2) is 53.0 Å². The molecule has 0 bridgehead atoms.